The van der Waals surface area contributed by atoms with Crippen LogP contribution in [0.2, 0.25) is 0 Å². The van der Waals surface area contributed by atoms with Gasteiger partial charge < -0.3 is 10.2 Å². The molecule has 0 aliphatic heterocycles. The minimum Gasteiger partial charge on any atom is -0.478 e. The minimum atomic E-state index is -4.51. The van der Waals surface area contributed by atoms with Gasteiger partial charge in [0.15, 0.2) is 0 Å². The Morgan fingerprint density at radius 2 is 0.950 bits per heavy atom. The van der Waals surface area contributed by atoms with Crippen LogP contribution in [-0.2, 0) is 29.8 Å². The van der Waals surface area contributed by atoms with Crippen molar-refractivity contribution in [3.8, 4) is 0 Å². The van der Waals surface area contributed by atoms with Crippen LogP contribution in [-0.4, -0.2) is 59.6 Å². The van der Waals surface area contributed by atoms with E-state index >= 15 is 0 Å². The Kier molecular flexibility index (Phi) is 6.28. The van der Waals surface area contributed by atoms with Gasteiger partial charge in [-0.1, -0.05) is 0 Å². The quantitative estimate of drug-likeness (QED) is 0.318. The molecule has 116 valence electrons. The lowest BCUT2D eigenvalue weighted by atomic mass is 10.0. The van der Waals surface area contributed by atoms with Crippen LogP contribution in [0.25, 0.3) is 0 Å². The Morgan fingerprint density at radius 3 is 1.10 bits per heavy atom. The molecule has 0 heterocycles. The maximum atomic E-state index is 10.9. The largest absolute Gasteiger partial charge is 0.478 e. The molecule has 0 atom stereocenters. The summed E-state index contributed by atoms with van der Waals surface area (Å²) in [5, 5.41) is 17.6. The second kappa shape index (κ2) is 6.78. The summed E-state index contributed by atoms with van der Waals surface area (Å²) in [6.45, 7) is 0. The van der Waals surface area contributed by atoms with Crippen LogP contribution in [0.15, 0.2) is 11.1 Å². The van der Waals surface area contributed by atoms with Gasteiger partial charge in [-0.05, 0) is 12.8 Å². The van der Waals surface area contributed by atoms with Crippen LogP contribution < -0.4 is 0 Å². The van der Waals surface area contributed by atoms with Gasteiger partial charge in [0.05, 0.1) is 11.5 Å². The highest BCUT2D eigenvalue weighted by molar-refractivity contribution is 7.86. The van der Waals surface area contributed by atoms with Crippen LogP contribution >= 0.6 is 0 Å². The molecule has 12 heteroatoms. The maximum absolute atomic E-state index is 10.9. The summed E-state index contributed by atoms with van der Waals surface area (Å²) in [5.74, 6) is -5.59. The van der Waals surface area contributed by atoms with Crippen molar-refractivity contribution in [2.75, 3.05) is 11.5 Å². The molecule has 10 nitrogen and oxygen atoms in total. The molecule has 0 spiro atoms. The Morgan fingerprint density at radius 1 is 0.700 bits per heavy atom. The van der Waals surface area contributed by atoms with Crippen molar-refractivity contribution in [2.45, 2.75) is 12.8 Å². The van der Waals surface area contributed by atoms with Gasteiger partial charge in [-0.25, -0.2) is 9.59 Å². The minimum absolute atomic E-state index is 0.818. The summed E-state index contributed by atoms with van der Waals surface area (Å²) >= 11 is 0. The lowest BCUT2D eigenvalue weighted by molar-refractivity contribution is -0.136. The van der Waals surface area contributed by atoms with E-state index in [0.29, 0.717) is 0 Å². The zero-order chi connectivity index (χ0) is 16.1. The van der Waals surface area contributed by atoms with Crippen molar-refractivity contribution in [3.05, 3.63) is 11.1 Å². The van der Waals surface area contributed by atoms with Crippen molar-refractivity contribution >= 4 is 32.2 Å². The van der Waals surface area contributed by atoms with Gasteiger partial charge in [0, 0.05) is 11.1 Å². The maximum Gasteiger partial charge on any atom is 0.332 e. The first kappa shape index (κ1) is 18.5. The number of aliphatic carboxylic acids is 2. The van der Waals surface area contributed by atoms with Gasteiger partial charge in [-0.15, -0.1) is 0 Å². The van der Waals surface area contributed by atoms with Crippen LogP contribution in [0.1, 0.15) is 12.8 Å². The molecule has 0 saturated carbocycles. The first-order valence-electron chi connectivity index (χ1n) is 4.92. The topological polar surface area (TPSA) is 183 Å². The molecule has 0 aliphatic carbocycles. The second-order valence-electron chi connectivity index (χ2n) is 3.64. The second-order valence-corrected chi connectivity index (χ2v) is 6.78. The van der Waals surface area contributed by atoms with E-state index in [-0.39, 0.29) is 0 Å². The van der Waals surface area contributed by atoms with Crippen LogP contribution in [0.4, 0.5) is 0 Å². The Hall–Kier alpha value is -1.50. The molecular weight excluding hydrogens is 320 g/mol. The van der Waals surface area contributed by atoms with Crippen molar-refractivity contribution in [3.63, 3.8) is 0 Å². The zero-order valence-corrected chi connectivity index (χ0v) is 11.5. The molecule has 0 aliphatic rings. The fourth-order valence-corrected chi connectivity index (χ4v) is 2.16. The van der Waals surface area contributed by atoms with Crippen molar-refractivity contribution < 1.29 is 45.7 Å². The first-order valence-corrected chi connectivity index (χ1v) is 8.14. The lowest BCUT2D eigenvalue weighted by Gasteiger charge is -2.07. The van der Waals surface area contributed by atoms with E-state index in [9.17, 15) is 26.4 Å². The predicted molar refractivity (Wildman–Crippen MR) is 64.4 cm³/mol. The molecule has 0 aromatic rings. The number of hydrogen-bond donors (Lipinski definition) is 4. The molecule has 0 aromatic heterocycles. The average Bonchev–Trinajstić information content (AvgIpc) is 2.18. The number of rotatable bonds is 8. The predicted octanol–water partition coefficient (Wildman–Crippen LogP) is -0.992. The molecule has 0 fully saturated rings. The number of carboxylic acids is 2. The van der Waals surface area contributed by atoms with Gasteiger partial charge in [-0.3, -0.25) is 9.11 Å². The molecule has 0 bridgehead atoms. The fraction of sp³-hybridized carbons (Fsp3) is 0.500. The SMILES string of the molecule is O=C(O)/C(CCS(=O)(=O)O)=C(/CCS(=O)(=O)O)C(=O)O. The fourth-order valence-electron chi connectivity index (χ4n) is 1.24. The highest BCUT2D eigenvalue weighted by atomic mass is 32.2. The highest BCUT2D eigenvalue weighted by Gasteiger charge is 2.23. The molecule has 20 heavy (non-hydrogen) atoms. The summed E-state index contributed by atoms with van der Waals surface area (Å²) in [6.07, 6.45) is -1.64. The third-order valence-corrected chi connectivity index (χ3v) is 3.54. The zero-order valence-electron chi connectivity index (χ0n) is 9.88. The van der Waals surface area contributed by atoms with E-state index < -0.39 is 67.7 Å². The van der Waals surface area contributed by atoms with Gasteiger partial charge in [-0.2, -0.15) is 16.8 Å². The third kappa shape index (κ3) is 7.83. The summed E-state index contributed by atoms with van der Waals surface area (Å²) < 4.78 is 59.1. The van der Waals surface area contributed by atoms with E-state index in [2.05, 4.69) is 0 Å². The average molecular weight is 332 g/mol. The van der Waals surface area contributed by atoms with Crippen LogP contribution in [0.5, 0.6) is 0 Å². The number of hydrogen-bond acceptors (Lipinski definition) is 6. The summed E-state index contributed by atoms with van der Waals surface area (Å²) in [6, 6.07) is 0. The Labute approximate surface area is 114 Å². The third-order valence-electron chi connectivity index (χ3n) is 2.10. The highest BCUT2D eigenvalue weighted by Crippen LogP contribution is 2.16. The first-order chi connectivity index (χ1) is 8.83. The number of carboxylic acid groups (broad SMARTS) is 2. The monoisotopic (exact) mass is 332 g/mol. The molecule has 0 rings (SSSR count). The van der Waals surface area contributed by atoms with Crippen molar-refractivity contribution in [1.29, 1.82) is 0 Å². The number of carbonyl (C=O) groups is 2. The van der Waals surface area contributed by atoms with E-state index in [1.54, 1.807) is 0 Å². The van der Waals surface area contributed by atoms with Gasteiger partial charge in [0.2, 0.25) is 0 Å². The molecule has 0 unspecified atom stereocenters. The van der Waals surface area contributed by atoms with E-state index in [0.717, 1.165) is 0 Å². The molecule has 0 aromatic carbocycles. The van der Waals surface area contributed by atoms with Gasteiger partial charge in [0.25, 0.3) is 20.2 Å². The van der Waals surface area contributed by atoms with E-state index in [1.807, 2.05) is 0 Å². The summed E-state index contributed by atoms with van der Waals surface area (Å²) in [4.78, 5) is 21.8. The summed E-state index contributed by atoms with van der Waals surface area (Å²) in [5.41, 5.74) is -1.72. The molecule has 0 amide bonds. The smallest absolute Gasteiger partial charge is 0.332 e. The van der Waals surface area contributed by atoms with E-state index in [4.69, 9.17) is 19.3 Å². The summed E-state index contributed by atoms with van der Waals surface area (Å²) in [7, 11) is -9.03. The van der Waals surface area contributed by atoms with E-state index in [1.165, 1.54) is 0 Å². The molecule has 4 N–H and O–H groups in total. The molecular formula is C8H12O10S2. The van der Waals surface area contributed by atoms with Crippen LogP contribution in [0, 0.1) is 0 Å². The lowest BCUT2D eigenvalue weighted by Crippen LogP contribution is -2.17. The van der Waals surface area contributed by atoms with Gasteiger partial charge >= 0.3 is 11.9 Å². The van der Waals surface area contributed by atoms with Crippen molar-refractivity contribution in [2.24, 2.45) is 0 Å². The van der Waals surface area contributed by atoms with Crippen LogP contribution in [0.3, 0.4) is 0 Å². The Bertz CT molecular complexity index is 568. The van der Waals surface area contributed by atoms with Gasteiger partial charge in [0.1, 0.15) is 0 Å². The standard InChI is InChI=1S/C8H12O10S2/c9-7(10)5(1-3-19(13,14)15)6(8(11)12)2-4-20(16,17)18/h1-4H2,(H,9,10)(H,11,12)(H,13,14,15)(H,16,17,18)/b6-5-. The molecule has 0 saturated heterocycles. The normalized spacial score (nSPS) is 13.7. The Balaban J connectivity index is 5.45. The molecule has 0 radical (unpaired) electrons. The van der Waals surface area contributed by atoms with Crippen molar-refractivity contribution in [1.82, 2.24) is 0 Å².